The van der Waals surface area contributed by atoms with Crippen LogP contribution in [0.15, 0.2) is 6.07 Å². The van der Waals surface area contributed by atoms with E-state index in [2.05, 4.69) is 20.8 Å². The van der Waals surface area contributed by atoms with Gasteiger partial charge in [-0.1, -0.05) is 40.7 Å². The number of rotatable bonds is 1. The molecule has 0 fully saturated rings. The van der Waals surface area contributed by atoms with Crippen LogP contribution in [0.4, 0.5) is 0 Å². The second kappa shape index (κ2) is 4.78. The molecule has 1 aliphatic rings. The average molecular weight is 316 g/mol. The van der Waals surface area contributed by atoms with Crippen molar-refractivity contribution in [3.05, 3.63) is 28.3 Å². The van der Waals surface area contributed by atoms with Crippen LogP contribution in [0, 0.1) is 6.92 Å². The van der Waals surface area contributed by atoms with Crippen LogP contribution in [0.2, 0.25) is 0 Å². The third-order valence-corrected chi connectivity index (χ3v) is 4.58. The Hall–Kier alpha value is -1.94. The predicted octanol–water partition coefficient (Wildman–Crippen LogP) is 4.36. The van der Waals surface area contributed by atoms with Crippen molar-refractivity contribution in [2.75, 3.05) is 0 Å². The molecule has 1 atom stereocenters. The highest BCUT2D eigenvalue weighted by Crippen LogP contribution is 2.55. The van der Waals surface area contributed by atoms with Crippen LogP contribution in [-0.4, -0.2) is 15.3 Å². The zero-order valence-corrected chi connectivity index (χ0v) is 14.5. The first-order chi connectivity index (χ1) is 10.6. The van der Waals surface area contributed by atoms with E-state index in [1.54, 1.807) is 0 Å². The number of phenols is 2. The summed E-state index contributed by atoms with van der Waals surface area (Å²) in [5.74, 6) is 0.199. The Labute approximate surface area is 136 Å². The molecule has 2 aromatic carbocycles. The topological polar surface area (TPSA) is 69.9 Å². The monoisotopic (exact) mass is 316 g/mol. The van der Waals surface area contributed by atoms with Gasteiger partial charge in [-0.15, -0.1) is 0 Å². The third-order valence-electron chi connectivity index (χ3n) is 4.58. The molecule has 0 aliphatic carbocycles. The lowest BCUT2D eigenvalue weighted by Crippen LogP contribution is -2.15. The van der Waals surface area contributed by atoms with Gasteiger partial charge in [0.1, 0.15) is 5.75 Å². The van der Waals surface area contributed by atoms with E-state index in [9.17, 15) is 15.3 Å². The summed E-state index contributed by atoms with van der Waals surface area (Å²) in [5, 5.41) is 32.7. The summed E-state index contributed by atoms with van der Waals surface area (Å²) >= 11 is 0. The number of aryl methyl sites for hydroxylation is 1. The van der Waals surface area contributed by atoms with Gasteiger partial charge in [0.2, 0.25) is 6.29 Å². The second-order valence-electron chi connectivity index (χ2n) is 7.72. The third kappa shape index (κ3) is 2.08. The highest BCUT2D eigenvalue weighted by atomic mass is 16.6. The maximum absolute atomic E-state index is 10.4. The largest absolute Gasteiger partial charge is 0.504 e. The first kappa shape index (κ1) is 15.9. The van der Waals surface area contributed by atoms with E-state index in [1.807, 2.05) is 26.8 Å². The van der Waals surface area contributed by atoms with Gasteiger partial charge in [0.15, 0.2) is 11.5 Å². The summed E-state index contributed by atoms with van der Waals surface area (Å²) in [6.45, 7) is 12.2. The van der Waals surface area contributed by atoms with Gasteiger partial charge in [-0.2, -0.15) is 0 Å². The molecule has 3 N–H and O–H groups in total. The lowest BCUT2D eigenvalue weighted by molar-refractivity contribution is -0.0114. The number of aromatic hydroxyl groups is 2. The smallest absolute Gasteiger partial charge is 0.228 e. The molecule has 0 aromatic heterocycles. The van der Waals surface area contributed by atoms with Crippen molar-refractivity contribution < 1.29 is 20.1 Å². The SMILES string of the molecule is Cc1cc2c(C(C)C)c(O)c(O)c3c2c(c1C(C)(C)C)OC3O. The number of phenolic OH excluding ortho intramolecular Hbond substituents is 2. The lowest BCUT2D eigenvalue weighted by Gasteiger charge is -2.25. The molecule has 1 heterocycles. The van der Waals surface area contributed by atoms with Crippen molar-refractivity contribution in [1.82, 2.24) is 0 Å². The first-order valence-electron chi connectivity index (χ1n) is 7.95. The van der Waals surface area contributed by atoms with Gasteiger partial charge in [-0.25, -0.2) is 0 Å². The van der Waals surface area contributed by atoms with E-state index in [0.29, 0.717) is 16.7 Å². The maximum Gasteiger partial charge on any atom is 0.228 e. The Morgan fingerprint density at radius 1 is 1.13 bits per heavy atom. The van der Waals surface area contributed by atoms with Crippen molar-refractivity contribution in [2.24, 2.45) is 0 Å². The summed E-state index contributed by atoms with van der Waals surface area (Å²) in [5.41, 5.74) is 2.85. The predicted molar refractivity (Wildman–Crippen MR) is 90.4 cm³/mol. The average Bonchev–Trinajstić information content (AvgIpc) is 2.71. The van der Waals surface area contributed by atoms with Gasteiger partial charge < -0.3 is 20.1 Å². The number of aliphatic hydroxyl groups is 1. The number of hydrogen-bond acceptors (Lipinski definition) is 4. The Bertz CT molecular complexity index is 813. The van der Waals surface area contributed by atoms with E-state index in [-0.39, 0.29) is 28.4 Å². The first-order valence-corrected chi connectivity index (χ1v) is 7.95. The van der Waals surface area contributed by atoms with E-state index >= 15 is 0 Å². The minimum absolute atomic E-state index is 0.0282. The molecule has 4 heteroatoms. The van der Waals surface area contributed by atoms with Crippen molar-refractivity contribution in [2.45, 2.75) is 59.2 Å². The van der Waals surface area contributed by atoms with Crippen LogP contribution in [0.1, 0.15) is 69.1 Å². The van der Waals surface area contributed by atoms with Crippen molar-refractivity contribution in [1.29, 1.82) is 0 Å². The summed E-state index contributed by atoms with van der Waals surface area (Å²) in [6, 6.07) is 2.03. The van der Waals surface area contributed by atoms with Crippen LogP contribution in [0.3, 0.4) is 0 Å². The molecule has 3 rings (SSSR count). The molecular formula is C19H24O4. The molecule has 1 unspecified atom stereocenters. The second-order valence-corrected chi connectivity index (χ2v) is 7.72. The molecule has 0 saturated carbocycles. The van der Waals surface area contributed by atoms with Crippen molar-refractivity contribution in [3.8, 4) is 17.2 Å². The van der Waals surface area contributed by atoms with Crippen LogP contribution < -0.4 is 4.74 Å². The minimum Gasteiger partial charge on any atom is -0.504 e. The van der Waals surface area contributed by atoms with E-state index in [4.69, 9.17) is 4.74 Å². The van der Waals surface area contributed by atoms with Gasteiger partial charge in [-0.05, 0) is 29.2 Å². The van der Waals surface area contributed by atoms with Crippen molar-refractivity contribution in [3.63, 3.8) is 0 Å². The fraction of sp³-hybridized carbons (Fsp3) is 0.474. The van der Waals surface area contributed by atoms with E-state index in [1.165, 1.54) is 0 Å². The Morgan fingerprint density at radius 2 is 1.74 bits per heavy atom. The molecule has 0 saturated heterocycles. The van der Waals surface area contributed by atoms with Crippen LogP contribution in [-0.2, 0) is 5.41 Å². The lowest BCUT2D eigenvalue weighted by atomic mass is 9.80. The zero-order chi connectivity index (χ0) is 17.3. The maximum atomic E-state index is 10.4. The van der Waals surface area contributed by atoms with Crippen LogP contribution in [0.5, 0.6) is 17.2 Å². The highest BCUT2D eigenvalue weighted by molar-refractivity contribution is 6.01. The fourth-order valence-corrected chi connectivity index (χ4v) is 3.81. The van der Waals surface area contributed by atoms with Gasteiger partial charge in [0.25, 0.3) is 0 Å². The van der Waals surface area contributed by atoms with Gasteiger partial charge >= 0.3 is 0 Å². The molecule has 0 spiro atoms. The van der Waals surface area contributed by atoms with E-state index in [0.717, 1.165) is 16.5 Å². The minimum atomic E-state index is -1.26. The van der Waals surface area contributed by atoms with Crippen molar-refractivity contribution >= 4 is 10.8 Å². The van der Waals surface area contributed by atoms with Gasteiger partial charge in [0, 0.05) is 16.5 Å². The number of hydrogen-bond donors (Lipinski definition) is 3. The van der Waals surface area contributed by atoms with Gasteiger partial charge in [0.05, 0.1) is 5.56 Å². The summed E-state index contributed by atoms with van der Waals surface area (Å²) in [7, 11) is 0. The number of aliphatic hydroxyl groups excluding tert-OH is 1. The highest BCUT2D eigenvalue weighted by Gasteiger charge is 2.37. The van der Waals surface area contributed by atoms with Crippen LogP contribution in [0.25, 0.3) is 10.8 Å². The molecule has 4 nitrogen and oxygen atoms in total. The Balaban J connectivity index is 2.57. The number of ether oxygens (including phenoxy) is 1. The standard InChI is InChI=1S/C19H24O4/c1-8(2)11-10-7-9(3)14(19(4,5)6)17-12(10)13(18(22)23-17)16(21)15(11)20/h7-8,18,20-22H,1-6H3. The molecule has 2 aromatic rings. The molecule has 124 valence electrons. The molecule has 23 heavy (non-hydrogen) atoms. The molecular weight excluding hydrogens is 292 g/mol. The summed E-state index contributed by atoms with van der Waals surface area (Å²) in [4.78, 5) is 0. The molecule has 0 radical (unpaired) electrons. The zero-order valence-electron chi connectivity index (χ0n) is 14.5. The normalized spacial score (nSPS) is 17.1. The number of benzene rings is 2. The quantitative estimate of drug-likeness (QED) is 0.684. The van der Waals surface area contributed by atoms with E-state index < -0.39 is 6.29 Å². The Morgan fingerprint density at radius 3 is 2.26 bits per heavy atom. The molecule has 0 amide bonds. The van der Waals surface area contributed by atoms with Crippen LogP contribution >= 0.6 is 0 Å². The Kier molecular flexibility index (Phi) is 3.31. The summed E-state index contributed by atoms with van der Waals surface area (Å²) < 4.78 is 5.72. The molecule has 0 bridgehead atoms. The van der Waals surface area contributed by atoms with Gasteiger partial charge in [-0.3, -0.25) is 0 Å². The fourth-order valence-electron chi connectivity index (χ4n) is 3.81. The molecule has 1 aliphatic heterocycles. The summed E-state index contributed by atoms with van der Waals surface area (Å²) in [6.07, 6.45) is -1.26.